The quantitative estimate of drug-likeness (QED) is 0.820. The number of hydrogen-bond donors (Lipinski definition) is 2. The minimum atomic E-state index is -1.12. The summed E-state index contributed by atoms with van der Waals surface area (Å²) in [6.45, 7) is 2.26. The molecule has 2 aliphatic rings. The molecule has 3 N–H and O–H groups in total. The number of primary amides is 1. The summed E-state index contributed by atoms with van der Waals surface area (Å²) in [7, 11) is 1.38. The lowest BCUT2D eigenvalue weighted by Crippen LogP contribution is -2.46. The fraction of sp³-hybridized carbons (Fsp3) is 0.471. The Balaban J connectivity index is 2.08. The number of methoxy groups -OCH3 is 1. The van der Waals surface area contributed by atoms with E-state index >= 15 is 0 Å². The van der Waals surface area contributed by atoms with Crippen LogP contribution in [0.1, 0.15) is 30.1 Å². The van der Waals surface area contributed by atoms with Gasteiger partial charge in [-0.3, -0.25) is 9.59 Å². The predicted octanol–water partition coefficient (Wildman–Crippen LogP) is 0.836. The number of anilines is 1. The van der Waals surface area contributed by atoms with E-state index in [0.29, 0.717) is 6.54 Å². The van der Waals surface area contributed by atoms with Crippen LogP contribution in [0, 0.1) is 0 Å². The van der Waals surface area contributed by atoms with Gasteiger partial charge in [0.25, 0.3) is 11.8 Å². The highest BCUT2D eigenvalue weighted by Gasteiger charge is 2.40. The van der Waals surface area contributed by atoms with Crippen molar-refractivity contribution in [2.75, 3.05) is 25.1 Å². The van der Waals surface area contributed by atoms with E-state index in [0.717, 1.165) is 12.8 Å². The maximum atomic E-state index is 13.0. The van der Waals surface area contributed by atoms with Gasteiger partial charge in [-0.25, -0.2) is 4.79 Å². The Kier molecular flexibility index (Phi) is 4.62. The first-order chi connectivity index (χ1) is 12.3. The minimum Gasteiger partial charge on any atom is -0.504 e. The zero-order valence-electron chi connectivity index (χ0n) is 14.6. The molecule has 1 aromatic rings. The molecule has 0 aliphatic carbocycles. The van der Waals surface area contributed by atoms with E-state index in [-0.39, 0.29) is 41.2 Å². The molecule has 1 saturated heterocycles. The van der Waals surface area contributed by atoms with E-state index < -0.39 is 18.1 Å². The van der Waals surface area contributed by atoms with Gasteiger partial charge in [0.15, 0.2) is 17.6 Å². The van der Waals surface area contributed by atoms with Gasteiger partial charge in [-0.2, -0.15) is 0 Å². The lowest BCUT2D eigenvalue weighted by atomic mass is 10.1. The Hall–Kier alpha value is -2.97. The molecule has 2 aliphatic heterocycles. The summed E-state index contributed by atoms with van der Waals surface area (Å²) < 4.78 is 9.89. The first kappa shape index (κ1) is 17.8. The maximum Gasteiger partial charge on any atom is 0.405 e. The third-order valence-electron chi connectivity index (χ3n) is 4.76. The van der Waals surface area contributed by atoms with E-state index in [1.807, 2.05) is 0 Å². The van der Waals surface area contributed by atoms with Crippen molar-refractivity contribution in [1.29, 1.82) is 0 Å². The fourth-order valence-electron chi connectivity index (χ4n) is 3.52. The summed E-state index contributed by atoms with van der Waals surface area (Å²) in [5, 5.41) is 10.1. The molecule has 26 heavy (non-hydrogen) atoms. The topological polar surface area (TPSA) is 122 Å². The Morgan fingerprint density at radius 3 is 2.77 bits per heavy atom. The number of phenolic OH excluding ortho intramolecular Hbond substituents is 1. The van der Waals surface area contributed by atoms with Gasteiger partial charge in [0.2, 0.25) is 0 Å². The fourth-order valence-corrected chi connectivity index (χ4v) is 3.52. The lowest BCUT2D eigenvalue weighted by Gasteiger charge is -2.28. The molecule has 140 valence electrons. The largest absolute Gasteiger partial charge is 0.504 e. The molecular formula is C17H21N3O6. The molecule has 2 atom stereocenters. The molecule has 9 nitrogen and oxygen atoms in total. The number of aromatic hydroxyl groups is 1. The van der Waals surface area contributed by atoms with Crippen LogP contribution in [0.4, 0.5) is 10.5 Å². The van der Waals surface area contributed by atoms with Crippen LogP contribution in [0.15, 0.2) is 12.1 Å². The molecule has 0 aromatic heterocycles. The van der Waals surface area contributed by atoms with Gasteiger partial charge < -0.3 is 30.1 Å². The Bertz CT molecular complexity index is 765. The Morgan fingerprint density at radius 2 is 2.12 bits per heavy atom. The molecule has 3 amide bonds. The second kappa shape index (κ2) is 6.74. The molecule has 1 fully saturated rings. The molecule has 0 saturated carbocycles. The number of nitrogens with zero attached hydrogens (tertiary/aromatic N) is 2. The number of amides is 3. The third-order valence-corrected chi connectivity index (χ3v) is 4.76. The van der Waals surface area contributed by atoms with Crippen molar-refractivity contribution in [3.05, 3.63) is 17.7 Å². The molecule has 3 rings (SSSR count). The van der Waals surface area contributed by atoms with Crippen molar-refractivity contribution >= 4 is 23.6 Å². The van der Waals surface area contributed by atoms with Gasteiger partial charge in [-0.1, -0.05) is 0 Å². The molecule has 2 heterocycles. The first-order valence-electron chi connectivity index (χ1n) is 8.33. The summed E-state index contributed by atoms with van der Waals surface area (Å²) in [6.07, 6.45) is -0.571. The van der Waals surface area contributed by atoms with Gasteiger partial charge in [0, 0.05) is 19.2 Å². The molecule has 0 spiro atoms. The van der Waals surface area contributed by atoms with Gasteiger partial charge >= 0.3 is 6.09 Å². The van der Waals surface area contributed by atoms with Crippen LogP contribution in [0.25, 0.3) is 0 Å². The second-order valence-electron chi connectivity index (χ2n) is 6.36. The Morgan fingerprint density at radius 1 is 1.38 bits per heavy atom. The van der Waals surface area contributed by atoms with Crippen LogP contribution < -0.4 is 15.4 Å². The molecule has 1 aromatic carbocycles. The van der Waals surface area contributed by atoms with Crippen LogP contribution >= 0.6 is 0 Å². The predicted molar refractivity (Wildman–Crippen MR) is 91.2 cm³/mol. The SMILES string of the molecule is COc1cc2c(cc1O)N(C(=O)C(C)OC(N)=O)C[C@@H]1CCCN1C2=O. The lowest BCUT2D eigenvalue weighted by molar-refractivity contribution is -0.126. The molecule has 9 heteroatoms. The second-order valence-corrected chi connectivity index (χ2v) is 6.36. The number of nitrogens with two attached hydrogens (primary N) is 1. The summed E-state index contributed by atoms with van der Waals surface area (Å²) in [6, 6.07) is 2.60. The van der Waals surface area contributed by atoms with Gasteiger partial charge in [0.05, 0.1) is 24.4 Å². The number of carbonyl (C=O) groups is 3. The summed E-state index contributed by atoms with van der Waals surface area (Å²) in [5.41, 5.74) is 5.52. The van der Waals surface area contributed by atoms with E-state index in [9.17, 15) is 19.5 Å². The van der Waals surface area contributed by atoms with Crippen LogP contribution in [-0.2, 0) is 9.53 Å². The molecule has 1 unspecified atom stereocenters. The molecule has 0 bridgehead atoms. The maximum absolute atomic E-state index is 13.0. The Labute approximate surface area is 150 Å². The number of fused-ring (bicyclic) bond motifs is 2. The van der Waals surface area contributed by atoms with Gasteiger partial charge in [-0.15, -0.1) is 0 Å². The van der Waals surface area contributed by atoms with E-state index in [1.165, 1.54) is 31.1 Å². The van der Waals surface area contributed by atoms with E-state index in [1.54, 1.807) is 4.90 Å². The summed E-state index contributed by atoms with van der Waals surface area (Å²) >= 11 is 0. The molecule has 0 radical (unpaired) electrons. The van der Waals surface area contributed by atoms with Gasteiger partial charge in [0.1, 0.15) is 0 Å². The van der Waals surface area contributed by atoms with Crippen LogP contribution in [0.5, 0.6) is 11.5 Å². The number of ether oxygens (including phenoxy) is 2. The standard InChI is InChI=1S/C17H21N3O6/c1-9(26-17(18)24)15(22)20-8-10-4-3-5-19(10)16(23)11-6-14(25-2)13(21)7-12(11)20/h6-7,9-10,21H,3-5,8H2,1-2H3,(H2,18,24)/t9?,10-/m0/s1. The van der Waals surface area contributed by atoms with Gasteiger partial charge in [-0.05, 0) is 25.8 Å². The number of carbonyl (C=O) groups excluding carboxylic acids is 3. The van der Waals surface area contributed by atoms with Crippen LogP contribution in [0.2, 0.25) is 0 Å². The number of benzene rings is 1. The van der Waals surface area contributed by atoms with Crippen molar-refractivity contribution in [3.8, 4) is 11.5 Å². The highest BCUT2D eigenvalue weighted by Crippen LogP contribution is 2.39. The van der Waals surface area contributed by atoms with Crippen molar-refractivity contribution < 1.29 is 29.0 Å². The van der Waals surface area contributed by atoms with E-state index in [2.05, 4.69) is 0 Å². The summed E-state index contributed by atoms with van der Waals surface area (Å²) in [4.78, 5) is 39.9. The zero-order chi connectivity index (χ0) is 19.0. The average molecular weight is 363 g/mol. The summed E-state index contributed by atoms with van der Waals surface area (Å²) in [5.74, 6) is -0.790. The van der Waals surface area contributed by atoms with Crippen molar-refractivity contribution in [1.82, 2.24) is 4.90 Å². The number of hydrogen-bond acceptors (Lipinski definition) is 6. The monoisotopic (exact) mass is 363 g/mol. The van der Waals surface area contributed by atoms with Crippen molar-refractivity contribution in [2.24, 2.45) is 5.73 Å². The minimum absolute atomic E-state index is 0.142. The third kappa shape index (κ3) is 3.00. The molecular weight excluding hydrogens is 342 g/mol. The average Bonchev–Trinajstić information content (AvgIpc) is 3.02. The smallest absolute Gasteiger partial charge is 0.405 e. The van der Waals surface area contributed by atoms with Crippen molar-refractivity contribution in [2.45, 2.75) is 31.9 Å². The number of rotatable bonds is 3. The number of phenols is 1. The highest BCUT2D eigenvalue weighted by atomic mass is 16.6. The zero-order valence-corrected chi connectivity index (χ0v) is 14.6. The van der Waals surface area contributed by atoms with Crippen LogP contribution in [-0.4, -0.2) is 60.3 Å². The van der Waals surface area contributed by atoms with E-state index in [4.69, 9.17) is 15.2 Å². The van der Waals surface area contributed by atoms with Crippen molar-refractivity contribution in [3.63, 3.8) is 0 Å². The van der Waals surface area contributed by atoms with Crippen LogP contribution in [0.3, 0.4) is 0 Å². The first-order valence-corrected chi connectivity index (χ1v) is 8.33. The highest BCUT2D eigenvalue weighted by molar-refractivity contribution is 6.08. The normalized spacial score (nSPS) is 20.1.